The zero-order valence-corrected chi connectivity index (χ0v) is 11.7. The Balaban J connectivity index is 2.20. The van der Waals surface area contributed by atoms with Crippen molar-refractivity contribution in [1.29, 1.82) is 0 Å². The Kier molecular flexibility index (Phi) is 2.82. The first-order chi connectivity index (χ1) is 9.56. The molecule has 0 radical (unpaired) electrons. The van der Waals surface area contributed by atoms with Crippen LogP contribution in [0, 0.1) is 6.92 Å². The second-order valence-electron chi connectivity index (χ2n) is 5.00. The molecular weight excluding hydrogens is 252 g/mol. The van der Waals surface area contributed by atoms with Crippen molar-refractivity contribution in [1.82, 2.24) is 10.1 Å². The lowest BCUT2D eigenvalue weighted by Crippen LogP contribution is -2.07. The van der Waals surface area contributed by atoms with Crippen molar-refractivity contribution >= 4 is 22.6 Å². The zero-order valence-electron chi connectivity index (χ0n) is 11.7. The van der Waals surface area contributed by atoms with Crippen molar-refractivity contribution < 1.29 is 4.52 Å². The predicted octanol–water partition coefficient (Wildman–Crippen LogP) is 2.85. The van der Waals surface area contributed by atoms with Gasteiger partial charge in [0.15, 0.2) is 5.82 Å². The number of anilines is 2. The van der Waals surface area contributed by atoms with E-state index in [0.29, 0.717) is 11.5 Å². The van der Waals surface area contributed by atoms with E-state index in [2.05, 4.69) is 39.3 Å². The highest BCUT2D eigenvalue weighted by Gasteiger charge is 2.14. The van der Waals surface area contributed by atoms with Gasteiger partial charge in [0.2, 0.25) is 0 Å². The minimum Gasteiger partial charge on any atom is -0.380 e. The molecule has 0 aliphatic heterocycles. The summed E-state index contributed by atoms with van der Waals surface area (Å²) in [5.74, 6) is 0.374. The number of fused-ring (bicyclic) bond motifs is 1. The van der Waals surface area contributed by atoms with Crippen LogP contribution in [0.5, 0.6) is 0 Å². The second kappa shape index (κ2) is 4.52. The van der Waals surface area contributed by atoms with E-state index in [4.69, 9.17) is 10.3 Å². The SMILES string of the molecule is Cc1cc(-c2ccc(N(C)C)cc2)c2c(N)noc2n1. The monoisotopic (exact) mass is 268 g/mol. The summed E-state index contributed by atoms with van der Waals surface area (Å²) in [6.07, 6.45) is 0. The van der Waals surface area contributed by atoms with Gasteiger partial charge in [-0.15, -0.1) is 0 Å². The van der Waals surface area contributed by atoms with E-state index in [-0.39, 0.29) is 0 Å². The van der Waals surface area contributed by atoms with E-state index in [1.54, 1.807) is 0 Å². The molecule has 2 aromatic heterocycles. The number of aromatic nitrogens is 2. The molecule has 0 unspecified atom stereocenters. The molecule has 0 aliphatic carbocycles. The fourth-order valence-electron chi connectivity index (χ4n) is 2.26. The lowest BCUT2D eigenvalue weighted by molar-refractivity contribution is 0.452. The minimum atomic E-state index is 0.374. The van der Waals surface area contributed by atoms with Crippen LogP contribution in [0.3, 0.4) is 0 Å². The summed E-state index contributed by atoms with van der Waals surface area (Å²) in [4.78, 5) is 6.37. The molecule has 0 amide bonds. The average molecular weight is 268 g/mol. The summed E-state index contributed by atoms with van der Waals surface area (Å²) in [5, 5.41) is 4.57. The highest BCUT2D eigenvalue weighted by atomic mass is 16.5. The van der Waals surface area contributed by atoms with Crippen LogP contribution in [0.1, 0.15) is 5.69 Å². The number of nitrogens with two attached hydrogens (primary N) is 1. The summed E-state index contributed by atoms with van der Waals surface area (Å²) < 4.78 is 5.16. The number of hydrogen-bond acceptors (Lipinski definition) is 5. The number of benzene rings is 1. The average Bonchev–Trinajstić information content (AvgIpc) is 2.79. The fraction of sp³-hybridized carbons (Fsp3) is 0.200. The number of pyridine rings is 1. The molecule has 0 fully saturated rings. The number of rotatable bonds is 2. The molecule has 0 saturated carbocycles. The van der Waals surface area contributed by atoms with Gasteiger partial charge in [0.25, 0.3) is 5.71 Å². The van der Waals surface area contributed by atoms with Gasteiger partial charge in [0.05, 0.1) is 5.39 Å². The third kappa shape index (κ3) is 1.97. The normalized spacial score (nSPS) is 10.9. The van der Waals surface area contributed by atoms with Crippen LogP contribution in [0.2, 0.25) is 0 Å². The number of aryl methyl sites for hydroxylation is 1. The van der Waals surface area contributed by atoms with Gasteiger partial charge in [-0.2, -0.15) is 0 Å². The van der Waals surface area contributed by atoms with Gasteiger partial charge in [0.1, 0.15) is 0 Å². The summed E-state index contributed by atoms with van der Waals surface area (Å²) >= 11 is 0. The Morgan fingerprint density at radius 3 is 2.50 bits per heavy atom. The Morgan fingerprint density at radius 1 is 1.15 bits per heavy atom. The van der Waals surface area contributed by atoms with E-state index < -0.39 is 0 Å². The molecule has 0 aliphatic rings. The van der Waals surface area contributed by atoms with Gasteiger partial charge >= 0.3 is 0 Å². The largest absolute Gasteiger partial charge is 0.380 e. The molecule has 0 spiro atoms. The molecule has 5 nitrogen and oxygen atoms in total. The van der Waals surface area contributed by atoms with Gasteiger partial charge < -0.3 is 15.2 Å². The number of hydrogen-bond donors (Lipinski definition) is 1. The third-order valence-electron chi connectivity index (χ3n) is 3.30. The molecule has 102 valence electrons. The molecule has 20 heavy (non-hydrogen) atoms. The molecule has 3 rings (SSSR count). The highest BCUT2D eigenvalue weighted by Crippen LogP contribution is 2.32. The lowest BCUT2D eigenvalue weighted by Gasteiger charge is -2.13. The van der Waals surface area contributed by atoms with Gasteiger partial charge in [-0.05, 0) is 30.7 Å². The van der Waals surface area contributed by atoms with Crippen molar-refractivity contribution in [2.24, 2.45) is 0 Å². The summed E-state index contributed by atoms with van der Waals surface area (Å²) in [5.41, 5.74) is 10.5. The third-order valence-corrected chi connectivity index (χ3v) is 3.30. The summed E-state index contributed by atoms with van der Waals surface area (Å²) in [6.45, 7) is 1.93. The van der Waals surface area contributed by atoms with Crippen molar-refractivity contribution in [2.45, 2.75) is 6.92 Å². The van der Waals surface area contributed by atoms with Crippen LogP contribution < -0.4 is 10.6 Å². The molecule has 1 aromatic carbocycles. The maximum absolute atomic E-state index is 5.89. The van der Waals surface area contributed by atoms with Gasteiger partial charge in [0, 0.05) is 31.0 Å². The molecule has 3 aromatic rings. The van der Waals surface area contributed by atoms with Crippen LogP contribution >= 0.6 is 0 Å². The van der Waals surface area contributed by atoms with Crippen LogP contribution in [-0.4, -0.2) is 24.2 Å². The summed E-state index contributed by atoms with van der Waals surface area (Å²) in [6, 6.07) is 10.3. The predicted molar refractivity (Wildman–Crippen MR) is 80.7 cm³/mol. The van der Waals surface area contributed by atoms with Crippen LogP contribution in [0.4, 0.5) is 11.5 Å². The maximum Gasteiger partial charge on any atom is 0.260 e. The van der Waals surface area contributed by atoms with E-state index in [9.17, 15) is 0 Å². The minimum absolute atomic E-state index is 0.374. The Morgan fingerprint density at radius 2 is 1.85 bits per heavy atom. The van der Waals surface area contributed by atoms with Gasteiger partial charge in [-0.3, -0.25) is 0 Å². The van der Waals surface area contributed by atoms with Crippen molar-refractivity contribution in [3.05, 3.63) is 36.0 Å². The first kappa shape index (κ1) is 12.5. The topological polar surface area (TPSA) is 68.2 Å². The standard InChI is InChI=1S/C15H16N4O/c1-9-8-12(13-14(16)18-20-15(13)17-9)10-4-6-11(7-5-10)19(2)3/h4-8H,1-3H3,(H2,16,18). The molecule has 0 atom stereocenters. The Bertz CT molecular complexity index is 759. The smallest absolute Gasteiger partial charge is 0.260 e. The quantitative estimate of drug-likeness (QED) is 0.774. The Labute approximate surface area is 117 Å². The van der Waals surface area contributed by atoms with Crippen molar-refractivity contribution in [3.63, 3.8) is 0 Å². The van der Waals surface area contributed by atoms with Gasteiger partial charge in [-0.25, -0.2) is 4.98 Å². The summed E-state index contributed by atoms with van der Waals surface area (Å²) in [7, 11) is 4.03. The fourth-order valence-corrected chi connectivity index (χ4v) is 2.26. The van der Waals surface area contributed by atoms with E-state index in [1.165, 1.54) is 0 Å². The molecule has 2 heterocycles. The Hall–Kier alpha value is -2.56. The van der Waals surface area contributed by atoms with Crippen LogP contribution in [0.15, 0.2) is 34.9 Å². The van der Waals surface area contributed by atoms with E-state index >= 15 is 0 Å². The van der Waals surface area contributed by atoms with E-state index in [1.807, 2.05) is 27.1 Å². The first-order valence-corrected chi connectivity index (χ1v) is 6.36. The molecule has 0 bridgehead atoms. The highest BCUT2D eigenvalue weighted by molar-refractivity contribution is 5.99. The molecule has 5 heteroatoms. The maximum atomic E-state index is 5.89. The second-order valence-corrected chi connectivity index (χ2v) is 5.00. The van der Waals surface area contributed by atoms with Crippen molar-refractivity contribution in [3.8, 4) is 11.1 Å². The van der Waals surface area contributed by atoms with E-state index in [0.717, 1.165) is 27.9 Å². The van der Waals surface area contributed by atoms with Crippen LogP contribution in [0.25, 0.3) is 22.2 Å². The molecule has 0 saturated heterocycles. The van der Waals surface area contributed by atoms with Crippen LogP contribution in [-0.2, 0) is 0 Å². The van der Waals surface area contributed by atoms with Gasteiger partial charge in [-0.1, -0.05) is 17.3 Å². The lowest BCUT2D eigenvalue weighted by atomic mass is 10.0. The number of nitrogen functional groups attached to an aromatic ring is 1. The first-order valence-electron chi connectivity index (χ1n) is 6.36. The molecular formula is C15H16N4O. The molecule has 2 N–H and O–H groups in total. The number of nitrogens with zero attached hydrogens (tertiary/aromatic N) is 3. The zero-order chi connectivity index (χ0) is 14.3. The van der Waals surface area contributed by atoms with Crippen molar-refractivity contribution in [2.75, 3.05) is 24.7 Å².